The lowest BCUT2D eigenvalue weighted by atomic mass is 9.88. The standard InChI is InChI=1S/C14H15BrN2O3/c1-7-5-9(6-8(2)10(7)15)17-12(19)14(3,4)11(18)16-13(17)20/h5-6H,1-4H3,(H,16,18,20). The first-order valence-corrected chi connectivity index (χ1v) is 6.92. The molecular formula is C14H15BrN2O3. The van der Waals surface area contributed by atoms with Gasteiger partial charge >= 0.3 is 6.03 Å². The second-order valence-corrected chi connectivity index (χ2v) is 6.21. The number of benzene rings is 1. The van der Waals surface area contributed by atoms with Crippen molar-refractivity contribution in [3.63, 3.8) is 0 Å². The summed E-state index contributed by atoms with van der Waals surface area (Å²) < 4.78 is 0.932. The van der Waals surface area contributed by atoms with Gasteiger partial charge in [0.15, 0.2) is 0 Å². The van der Waals surface area contributed by atoms with Gasteiger partial charge in [-0.25, -0.2) is 9.69 Å². The van der Waals surface area contributed by atoms with Gasteiger partial charge in [0, 0.05) is 4.47 Å². The SMILES string of the molecule is Cc1cc(N2C(=O)NC(=O)C(C)(C)C2=O)cc(C)c1Br. The molecule has 1 fully saturated rings. The Morgan fingerprint density at radius 1 is 1.10 bits per heavy atom. The van der Waals surface area contributed by atoms with Gasteiger partial charge in [-0.3, -0.25) is 14.9 Å². The summed E-state index contributed by atoms with van der Waals surface area (Å²) in [4.78, 5) is 37.1. The number of nitrogens with one attached hydrogen (secondary N) is 1. The minimum Gasteiger partial charge on any atom is -0.276 e. The van der Waals surface area contributed by atoms with Crippen LogP contribution in [-0.4, -0.2) is 17.8 Å². The molecule has 20 heavy (non-hydrogen) atoms. The molecule has 0 spiro atoms. The first-order valence-electron chi connectivity index (χ1n) is 6.13. The average Bonchev–Trinajstić information content (AvgIpc) is 2.34. The molecule has 4 amide bonds. The van der Waals surface area contributed by atoms with E-state index in [1.165, 1.54) is 13.8 Å². The van der Waals surface area contributed by atoms with Gasteiger partial charge in [0.1, 0.15) is 5.41 Å². The van der Waals surface area contributed by atoms with Crippen LogP contribution in [0.4, 0.5) is 10.5 Å². The van der Waals surface area contributed by atoms with Crippen molar-refractivity contribution < 1.29 is 14.4 Å². The molecule has 2 rings (SSSR count). The van der Waals surface area contributed by atoms with Crippen LogP contribution in [0.1, 0.15) is 25.0 Å². The van der Waals surface area contributed by atoms with Crippen molar-refractivity contribution >= 4 is 39.5 Å². The molecule has 0 bridgehead atoms. The molecule has 5 nitrogen and oxygen atoms in total. The highest BCUT2D eigenvalue weighted by atomic mass is 79.9. The van der Waals surface area contributed by atoms with Crippen LogP contribution in [0, 0.1) is 19.3 Å². The first-order chi connectivity index (χ1) is 9.16. The van der Waals surface area contributed by atoms with Gasteiger partial charge in [-0.05, 0) is 51.0 Å². The highest BCUT2D eigenvalue weighted by molar-refractivity contribution is 9.10. The highest BCUT2D eigenvalue weighted by Crippen LogP contribution is 2.32. The first kappa shape index (κ1) is 14.7. The third-order valence-corrected chi connectivity index (χ3v) is 4.66. The van der Waals surface area contributed by atoms with Crippen LogP contribution >= 0.6 is 15.9 Å². The maximum atomic E-state index is 12.4. The zero-order valence-corrected chi connectivity index (χ0v) is 13.3. The van der Waals surface area contributed by atoms with Crippen LogP contribution in [0.15, 0.2) is 16.6 Å². The number of carbonyl (C=O) groups is 3. The van der Waals surface area contributed by atoms with E-state index in [4.69, 9.17) is 0 Å². The predicted octanol–water partition coefficient (Wildman–Crippen LogP) is 2.67. The van der Waals surface area contributed by atoms with Gasteiger partial charge in [-0.1, -0.05) is 15.9 Å². The molecule has 1 saturated heterocycles. The van der Waals surface area contributed by atoms with Gasteiger partial charge < -0.3 is 0 Å². The minimum absolute atomic E-state index is 0.464. The van der Waals surface area contributed by atoms with Gasteiger partial charge in [-0.2, -0.15) is 0 Å². The van der Waals surface area contributed by atoms with E-state index in [1.807, 2.05) is 13.8 Å². The van der Waals surface area contributed by atoms with E-state index < -0.39 is 23.3 Å². The van der Waals surface area contributed by atoms with Crippen molar-refractivity contribution in [3.05, 3.63) is 27.7 Å². The highest BCUT2D eigenvalue weighted by Gasteiger charge is 2.47. The van der Waals surface area contributed by atoms with E-state index in [1.54, 1.807) is 12.1 Å². The van der Waals surface area contributed by atoms with E-state index >= 15 is 0 Å². The molecule has 0 unspecified atom stereocenters. The number of hydrogen-bond acceptors (Lipinski definition) is 3. The number of amides is 4. The summed E-state index contributed by atoms with van der Waals surface area (Å²) in [6, 6.07) is 2.77. The number of halogens is 1. The Hall–Kier alpha value is -1.69. The monoisotopic (exact) mass is 338 g/mol. The molecule has 1 aromatic carbocycles. The van der Waals surface area contributed by atoms with Crippen LogP contribution < -0.4 is 10.2 Å². The average molecular weight is 339 g/mol. The number of barbiturate groups is 1. The van der Waals surface area contributed by atoms with E-state index in [-0.39, 0.29) is 0 Å². The van der Waals surface area contributed by atoms with Gasteiger partial charge in [0.2, 0.25) is 11.8 Å². The Labute approximate surface area is 125 Å². The topological polar surface area (TPSA) is 66.5 Å². The van der Waals surface area contributed by atoms with Crippen LogP contribution in [0.2, 0.25) is 0 Å². The Bertz CT molecular complexity index is 614. The maximum absolute atomic E-state index is 12.4. The molecule has 1 aromatic rings. The predicted molar refractivity (Wildman–Crippen MR) is 78.4 cm³/mol. The summed E-state index contributed by atoms with van der Waals surface area (Å²) in [7, 11) is 0. The molecule has 1 N–H and O–H groups in total. The fourth-order valence-corrected chi connectivity index (χ4v) is 2.29. The third-order valence-electron chi connectivity index (χ3n) is 3.41. The molecule has 0 atom stereocenters. The Kier molecular flexibility index (Phi) is 3.46. The number of anilines is 1. The lowest BCUT2D eigenvalue weighted by molar-refractivity contribution is -0.140. The number of nitrogens with zero attached hydrogens (tertiary/aromatic N) is 1. The van der Waals surface area contributed by atoms with E-state index in [9.17, 15) is 14.4 Å². The van der Waals surface area contributed by atoms with Crippen LogP contribution in [0.5, 0.6) is 0 Å². The van der Waals surface area contributed by atoms with E-state index in [0.717, 1.165) is 20.5 Å². The van der Waals surface area contributed by atoms with Crippen molar-refractivity contribution in [1.82, 2.24) is 5.32 Å². The zero-order chi connectivity index (χ0) is 15.2. The normalized spacial score (nSPS) is 18.2. The second kappa shape index (κ2) is 4.70. The molecule has 0 saturated carbocycles. The van der Waals surface area contributed by atoms with Gasteiger partial charge in [0.25, 0.3) is 0 Å². The second-order valence-electron chi connectivity index (χ2n) is 5.42. The molecular weight excluding hydrogens is 324 g/mol. The number of urea groups is 1. The summed E-state index contributed by atoms with van der Waals surface area (Å²) in [5.41, 5.74) is 1.03. The van der Waals surface area contributed by atoms with Crippen molar-refractivity contribution in [1.29, 1.82) is 0 Å². The fourth-order valence-electron chi connectivity index (χ4n) is 2.06. The number of aryl methyl sites for hydroxylation is 2. The lowest BCUT2D eigenvalue weighted by Crippen LogP contribution is -2.62. The summed E-state index contributed by atoms with van der Waals surface area (Å²) >= 11 is 3.44. The van der Waals surface area contributed by atoms with Gasteiger partial charge in [0.05, 0.1) is 5.69 Å². The molecule has 1 heterocycles. The molecule has 0 aliphatic carbocycles. The summed E-state index contributed by atoms with van der Waals surface area (Å²) in [5, 5.41) is 2.22. The number of carbonyl (C=O) groups excluding carboxylic acids is 3. The molecule has 0 radical (unpaired) electrons. The lowest BCUT2D eigenvalue weighted by Gasteiger charge is -2.34. The quantitative estimate of drug-likeness (QED) is 0.800. The Balaban J connectivity index is 2.54. The number of imide groups is 2. The Morgan fingerprint density at radius 3 is 2.10 bits per heavy atom. The molecule has 106 valence electrons. The maximum Gasteiger partial charge on any atom is 0.335 e. The number of hydrogen-bond donors (Lipinski definition) is 1. The van der Waals surface area contributed by atoms with Crippen molar-refractivity contribution in [2.75, 3.05) is 4.90 Å². The number of rotatable bonds is 1. The zero-order valence-electron chi connectivity index (χ0n) is 11.7. The largest absolute Gasteiger partial charge is 0.335 e. The fraction of sp³-hybridized carbons (Fsp3) is 0.357. The van der Waals surface area contributed by atoms with E-state index in [2.05, 4.69) is 21.2 Å². The van der Waals surface area contributed by atoms with Crippen molar-refractivity contribution in [2.45, 2.75) is 27.7 Å². The minimum atomic E-state index is -1.26. The summed E-state index contributed by atoms with van der Waals surface area (Å²) in [5.74, 6) is -1.10. The van der Waals surface area contributed by atoms with Gasteiger partial charge in [-0.15, -0.1) is 0 Å². The molecule has 0 aromatic heterocycles. The Morgan fingerprint density at radius 2 is 1.60 bits per heavy atom. The smallest absolute Gasteiger partial charge is 0.276 e. The third kappa shape index (κ3) is 2.14. The molecule has 1 aliphatic rings. The molecule has 6 heteroatoms. The van der Waals surface area contributed by atoms with Crippen LogP contribution in [-0.2, 0) is 9.59 Å². The summed E-state index contributed by atoms with van der Waals surface area (Å²) in [6.07, 6.45) is 0. The van der Waals surface area contributed by atoms with Crippen molar-refractivity contribution in [3.8, 4) is 0 Å². The van der Waals surface area contributed by atoms with E-state index in [0.29, 0.717) is 5.69 Å². The van der Waals surface area contributed by atoms with Crippen LogP contribution in [0.25, 0.3) is 0 Å². The summed E-state index contributed by atoms with van der Waals surface area (Å²) in [6.45, 7) is 6.76. The van der Waals surface area contributed by atoms with Crippen LogP contribution in [0.3, 0.4) is 0 Å². The van der Waals surface area contributed by atoms with Crippen molar-refractivity contribution in [2.24, 2.45) is 5.41 Å². The molecule has 1 aliphatic heterocycles.